The fraction of sp³-hybridized carbons (Fsp3) is 0.647. The van der Waals surface area contributed by atoms with Crippen LogP contribution in [0.5, 0.6) is 0 Å². The van der Waals surface area contributed by atoms with Crippen molar-refractivity contribution in [3.63, 3.8) is 0 Å². The normalized spacial score (nSPS) is 20.1. The highest BCUT2D eigenvalue weighted by Gasteiger charge is 2.19. The Kier molecular flexibility index (Phi) is 6.61. The lowest BCUT2D eigenvalue weighted by atomic mass is 10.00. The van der Waals surface area contributed by atoms with Gasteiger partial charge in [-0.25, -0.2) is 4.39 Å². The fourth-order valence-electron chi connectivity index (χ4n) is 3.12. The van der Waals surface area contributed by atoms with Crippen molar-refractivity contribution in [2.45, 2.75) is 38.3 Å². The molecule has 1 aromatic rings. The van der Waals surface area contributed by atoms with E-state index < -0.39 is 0 Å². The van der Waals surface area contributed by atoms with E-state index in [-0.39, 0.29) is 12.4 Å². The maximum Gasteiger partial charge on any atom is 0.127 e. The van der Waals surface area contributed by atoms with Gasteiger partial charge in [-0.3, -0.25) is 4.90 Å². The van der Waals surface area contributed by atoms with E-state index in [1.54, 1.807) is 6.07 Å². The van der Waals surface area contributed by atoms with E-state index in [2.05, 4.69) is 16.8 Å². The monoisotopic (exact) mass is 294 g/mol. The molecule has 0 radical (unpaired) electrons. The van der Waals surface area contributed by atoms with Crippen molar-refractivity contribution in [2.75, 3.05) is 33.3 Å². The maximum absolute atomic E-state index is 13.7. The first kappa shape index (κ1) is 16.4. The molecule has 1 aliphatic heterocycles. The molecule has 3 nitrogen and oxygen atoms in total. The van der Waals surface area contributed by atoms with Gasteiger partial charge in [0.05, 0.1) is 6.61 Å². The Hall–Kier alpha value is -0.970. The van der Waals surface area contributed by atoms with Crippen LogP contribution >= 0.6 is 0 Å². The van der Waals surface area contributed by atoms with Crippen molar-refractivity contribution in [2.24, 2.45) is 0 Å². The number of aliphatic hydroxyl groups excluding tert-OH is 1. The molecule has 0 saturated carbocycles. The third-order valence-electron chi connectivity index (χ3n) is 4.47. The van der Waals surface area contributed by atoms with Crippen LogP contribution in [-0.2, 0) is 6.54 Å². The van der Waals surface area contributed by atoms with E-state index >= 15 is 0 Å². The maximum atomic E-state index is 13.7. The quantitative estimate of drug-likeness (QED) is 0.837. The number of benzene rings is 1. The molecule has 0 spiro atoms. The number of aliphatic hydroxyl groups is 1. The molecule has 1 unspecified atom stereocenters. The van der Waals surface area contributed by atoms with Crippen LogP contribution in [0.25, 0.3) is 0 Å². The average molecular weight is 294 g/mol. The first-order valence-corrected chi connectivity index (χ1v) is 7.97. The first-order valence-electron chi connectivity index (χ1n) is 7.97. The van der Waals surface area contributed by atoms with Gasteiger partial charge in [0.1, 0.15) is 5.82 Å². The highest BCUT2D eigenvalue weighted by atomic mass is 19.1. The molecule has 1 aliphatic rings. The molecule has 2 rings (SSSR count). The molecule has 1 heterocycles. The van der Waals surface area contributed by atoms with Crippen molar-refractivity contribution in [1.82, 2.24) is 9.80 Å². The van der Waals surface area contributed by atoms with Crippen molar-refractivity contribution in [1.29, 1.82) is 0 Å². The van der Waals surface area contributed by atoms with Gasteiger partial charge in [-0.2, -0.15) is 0 Å². The second-order valence-electron chi connectivity index (χ2n) is 6.01. The lowest BCUT2D eigenvalue weighted by Crippen LogP contribution is -2.39. The minimum atomic E-state index is -0.157. The Morgan fingerprint density at radius 3 is 2.81 bits per heavy atom. The molecular formula is C17H27FN2O. The van der Waals surface area contributed by atoms with E-state index in [0.717, 1.165) is 13.0 Å². The van der Waals surface area contributed by atoms with Crippen LogP contribution < -0.4 is 0 Å². The van der Waals surface area contributed by atoms with Crippen LogP contribution in [0.3, 0.4) is 0 Å². The largest absolute Gasteiger partial charge is 0.395 e. The average Bonchev–Trinajstić information content (AvgIpc) is 2.48. The Balaban J connectivity index is 1.88. The smallest absolute Gasteiger partial charge is 0.127 e. The molecule has 0 aliphatic carbocycles. The summed E-state index contributed by atoms with van der Waals surface area (Å²) in [6.45, 7) is 3.38. The Labute approximate surface area is 127 Å². The lowest BCUT2D eigenvalue weighted by molar-refractivity contribution is 0.138. The summed E-state index contributed by atoms with van der Waals surface area (Å²) in [6, 6.07) is 7.53. The van der Waals surface area contributed by atoms with Crippen LogP contribution in [0.15, 0.2) is 24.3 Å². The summed E-state index contributed by atoms with van der Waals surface area (Å²) in [7, 11) is 2.19. The summed E-state index contributed by atoms with van der Waals surface area (Å²) in [5.74, 6) is -0.157. The van der Waals surface area contributed by atoms with Gasteiger partial charge in [-0.15, -0.1) is 0 Å². The summed E-state index contributed by atoms with van der Waals surface area (Å²) < 4.78 is 13.7. The fourth-order valence-corrected chi connectivity index (χ4v) is 3.12. The Morgan fingerprint density at radius 1 is 1.29 bits per heavy atom. The Bertz CT molecular complexity index is 427. The minimum absolute atomic E-state index is 0.120. The summed E-state index contributed by atoms with van der Waals surface area (Å²) in [4.78, 5) is 4.59. The van der Waals surface area contributed by atoms with E-state index in [1.807, 2.05) is 12.1 Å². The first-order chi connectivity index (χ1) is 10.2. The molecule has 21 heavy (non-hydrogen) atoms. The van der Waals surface area contributed by atoms with Gasteiger partial charge in [0.2, 0.25) is 0 Å². The molecule has 118 valence electrons. The zero-order valence-electron chi connectivity index (χ0n) is 13.0. The standard InChI is InChI=1S/C17H27FN2O/c1-19-10-5-4-7-16(19)9-11-20(12-13-21)14-15-6-2-3-8-17(15)18/h2-3,6,8,16,21H,4-5,7,9-14H2,1H3. The van der Waals surface area contributed by atoms with Crippen LogP contribution in [-0.4, -0.2) is 54.2 Å². The van der Waals surface area contributed by atoms with Gasteiger partial charge in [0.15, 0.2) is 0 Å². The predicted octanol–water partition coefficient (Wildman–Crippen LogP) is 2.49. The molecule has 0 amide bonds. The van der Waals surface area contributed by atoms with Crippen molar-refractivity contribution < 1.29 is 9.50 Å². The number of likely N-dealkylation sites (tertiary alicyclic amines) is 1. The zero-order valence-corrected chi connectivity index (χ0v) is 13.0. The van der Waals surface area contributed by atoms with Crippen LogP contribution in [0, 0.1) is 5.82 Å². The number of nitrogens with zero attached hydrogens (tertiary/aromatic N) is 2. The number of hydrogen-bond acceptors (Lipinski definition) is 3. The van der Waals surface area contributed by atoms with Gasteiger partial charge in [-0.1, -0.05) is 24.6 Å². The van der Waals surface area contributed by atoms with E-state index in [4.69, 9.17) is 0 Å². The van der Waals surface area contributed by atoms with Crippen molar-refractivity contribution in [3.05, 3.63) is 35.6 Å². The summed E-state index contributed by atoms with van der Waals surface area (Å²) in [6.07, 6.45) is 4.94. The highest BCUT2D eigenvalue weighted by Crippen LogP contribution is 2.19. The van der Waals surface area contributed by atoms with Gasteiger partial charge < -0.3 is 10.0 Å². The summed E-state index contributed by atoms with van der Waals surface area (Å²) in [5, 5.41) is 9.23. The van der Waals surface area contributed by atoms with Crippen LogP contribution in [0.1, 0.15) is 31.2 Å². The van der Waals surface area contributed by atoms with Crippen LogP contribution in [0.4, 0.5) is 4.39 Å². The highest BCUT2D eigenvalue weighted by molar-refractivity contribution is 5.17. The minimum Gasteiger partial charge on any atom is -0.395 e. The molecule has 1 N–H and O–H groups in total. The van der Waals surface area contributed by atoms with E-state index in [9.17, 15) is 9.50 Å². The second-order valence-corrected chi connectivity index (χ2v) is 6.01. The third-order valence-corrected chi connectivity index (χ3v) is 4.47. The third kappa shape index (κ3) is 5.06. The molecule has 0 bridgehead atoms. The number of piperidine rings is 1. The molecule has 4 heteroatoms. The topological polar surface area (TPSA) is 26.7 Å². The van der Waals surface area contributed by atoms with Gasteiger partial charge in [0.25, 0.3) is 0 Å². The molecule has 1 aromatic carbocycles. The molecule has 0 aromatic heterocycles. The van der Waals surface area contributed by atoms with Gasteiger partial charge in [0, 0.05) is 31.2 Å². The summed E-state index contributed by atoms with van der Waals surface area (Å²) in [5.41, 5.74) is 0.711. The number of hydrogen-bond donors (Lipinski definition) is 1. The zero-order chi connectivity index (χ0) is 15.1. The molecule has 1 saturated heterocycles. The summed E-state index contributed by atoms with van der Waals surface area (Å²) >= 11 is 0. The van der Waals surface area contributed by atoms with Gasteiger partial charge >= 0.3 is 0 Å². The van der Waals surface area contributed by atoms with E-state index in [0.29, 0.717) is 24.7 Å². The molecular weight excluding hydrogens is 267 g/mol. The van der Waals surface area contributed by atoms with Gasteiger partial charge in [-0.05, 0) is 38.9 Å². The predicted molar refractivity (Wildman–Crippen MR) is 83.6 cm³/mol. The molecule has 1 fully saturated rings. The number of rotatable bonds is 7. The Morgan fingerprint density at radius 2 is 2.10 bits per heavy atom. The van der Waals surface area contributed by atoms with Crippen molar-refractivity contribution >= 4 is 0 Å². The second kappa shape index (κ2) is 8.47. The van der Waals surface area contributed by atoms with E-state index in [1.165, 1.54) is 31.9 Å². The lowest BCUT2D eigenvalue weighted by Gasteiger charge is -2.34. The van der Waals surface area contributed by atoms with Crippen LogP contribution in [0.2, 0.25) is 0 Å². The molecule has 1 atom stereocenters. The number of halogens is 1. The SMILES string of the molecule is CN1CCCCC1CCN(CCO)Cc1ccccc1F. The van der Waals surface area contributed by atoms with Crippen molar-refractivity contribution in [3.8, 4) is 0 Å².